The number of carbonyl (C=O) groups excluding carboxylic acids is 2. The fraction of sp³-hybridized carbons (Fsp3) is 0.0667. The summed E-state index contributed by atoms with van der Waals surface area (Å²) in [6.07, 6.45) is 0. The zero-order chi connectivity index (χ0) is 15.4. The van der Waals surface area contributed by atoms with Crippen LogP contribution in [0.15, 0.2) is 46.9 Å². The van der Waals surface area contributed by atoms with Crippen LogP contribution in [0, 0.1) is 0 Å². The van der Waals surface area contributed by atoms with Gasteiger partial charge >= 0.3 is 5.97 Å². The lowest BCUT2D eigenvalue weighted by Gasteiger charge is -2.06. The molecule has 21 heavy (non-hydrogen) atoms. The molecule has 6 heteroatoms. The van der Waals surface area contributed by atoms with Gasteiger partial charge in [0.1, 0.15) is 6.61 Å². The van der Waals surface area contributed by atoms with Gasteiger partial charge in [0.15, 0.2) is 0 Å². The molecule has 0 spiro atoms. The molecule has 108 valence electrons. The number of nitrogen functional groups attached to an aromatic ring is 1. The first-order valence-corrected chi connectivity index (χ1v) is 6.87. The van der Waals surface area contributed by atoms with Gasteiger partial charge in [-0.15, -0.1) is 0 Å². The number of benzene rings is 2. The van der Waals surface area contributed by atoms with Crippen molar-refractivity contribution in [3.05, 3.63) is 63.6 Å². The Balaban J connectivity index is 2.02. The van der Waals surface area contributed by atoms with E-state index >= 15 is 0 Å². The lowest BCUT2D eigenvalue weighted by Crippen LogP contribution is -2.11. The SMILES string of the molecule is NC(=O)c1ccc(COC(=O)c2cc(N)cc(Br)c2)cc1. The molecule has 0 saturated carbocycles. The second-order valence-corrected chi connectivity index (χ2v) is 5.33. The molecule has 0 unspecified atom stereocenters. The van der Waals surface area contributed by atoms with E-state index in [-0.39, 0.29) is 6.61 Å². The maximum atomic E-state index is 11.9. The molecule has 0 heterocycles. The largest absolute Gasteiger partial charge is 0.457 e. The highest BCUT2D eigenvalue weighted by Crippen LogP contribution is 2.18. The molecular weight excluding hydrogens is 336 g/mol. The Bertz CT molecular complexity index is 664. The molecule has 0 aliphatic carbocycles. The number of hydrogen-bond donors (Lipinski definition) is 2. The molecule has 0 atom stereocenters. The van der Waals surface area contributed by atoms with Crippen LogP contribution in [0.5, 0.6) is 0 Å². The summed E-state index contributed by atoms with van der Waals surface area (Å²) < 4.78 is 5.90. The van der Waals surface area contributed by atoms with Crippen LogP contribution in [0.2, 0.25) is 0 Å². The minimum absolute atomic E-state index is 0.101. The maximum Gasteiger partial charge on any atom is 0.338 e. The molecule has 0 bridgehead atoms. The Labute approximate surface area is 130 Å². The predicted octanol–water partition coefficient (Wildman–Crippen LogP) is 2.49. The van der Waals surface area contributed by atoms with Crippen molar-refractivity contribution in [2.75, 3.05) is 5.73 Å². The first-order chi connectivity index (χ1) is 9.95. The van der Waals surface area contributed by atoms with Gasteiger partial charge in [0, 0.05) is 15.7 Å². The van der Waals surface area contributed by atoms with Crippen LogP contribution in [0.4, 0.5) is 5.69 Å². The van der Waals surface area contributed by atoms with E-state index in [1.807, 2.05) is 0 Å². The van der Waals surface area contributed by atoms with Gasteiger partial charge in [-0.3, -0.25) is 4.79 Å². The van der Waals surface area contributed by atoms with E-state index in [1.54, 1.807) is 42.5 Å². The van der Waals surface area contributed by atoms with Gasteiger partial charge in [-0.2, -0.15) is 0 Å². The number of halogens is 1. The molecule has 0 saturated heterocycles. The van der Waals surface area contributed by atoms with Gasteiger partial charge in [0.05, 0.1) is 5.56 Å². The third-order valence-corrected chi connectivity index (χ3v) is 3.22. The monoisotopic (exact) mass is 348 g/mol. The number of primary amides is 1. The second-order valence-electron chi connectivity index (χ2n) is 4.41. The first kappa shape index (κ1) is 15.1. The summed E-state index contributed by atoms with van der Waals surface area (Å²) in [6, 6.07) is 11.4. The zero-order valence-electron chi connectivity index (χ0n) is 11.0. The molecular formula is C15H13BrN2O3. The molecule has 1 amide bonds. The lowest BCUT2D eigenvalue weighted by molar-refractivity contribution is 0.0472. The summed E-state index contributed by atoms with van der Waals surface area (Å²) in [6.45, 7) is 0.101. The molecule has 0 radical (unpaired) electrons. The highest BCUT2D eigenvalue weighted by molar-refractivity contribution is 9.10. The molecule has 0 aliphatic rings. The average Bonchev–Trinajstić information content (AvgIpc) is 2.44. The normalized spacial score (nSPS) is 10.1. The third kappa shape index (κ3) is 4.06. The number of hydrogen-bond acceptors (Lipinski definition) is 4. The Hall–Kier alpha value is -2.34. The summed E-state index contributed by atoms with van der Waals surface area (Å²) in [4.78, 5) is 22.9. The summed E-state index contributed by atoms with van der Waals surface area (Å²) in [5.41, 5.74) is 12.8. The number of rotatable bonds is 4. The van der Waals surface area contributed by atoms with Crippen molar-refractivity contribution in [1.29, 1.82) is 0 Å². The van der Waals surface area contributed by atoms with E-state index in [1.165, 1.54) is 0 Å². The van der Waals surface area contributed by atoms with Crippen molar-refractivity contribution in [3.63, 3.8) is 0 Å². The van der Waals surface area contributed by atoms with Crippen molar-refractivity contribution in [1.82, 2.24) is 0 Å². The number of ether oxygens (including phenoxy) is 1. The molecule has 2 aromatic carbocycles. The number of anilines is 1. The molecule has 2 rings (SSSR count). The van der Waals surface area contributed by atoms with E-state index in [4.69, 9.17) is 16.2 Å². The third-order valence-electron chi connectivity index (χ3n) is 2.76. The minimum Gasteiger partial charge on any atom is -0.457 e. The number of nitrogens with two attached hydrogens (primary N) is 2. The maximum absolute atomic E-state index is 11.9. The fourth-order valence-electron chi connectivity index (χ4n) is 1.73. The van der Waals surface area contributed by atoms with E-state index in [0.717, 1.165) is 5.56 Å². The van der Waals surface area contributed by atoms with E-state index in [0.29, 0.717) is 21.3 Å². The van der Waals surface area contributed by atoms with Crippen LogP contribution in [-0.4, -0.2) is 11.9 Å². The Morgan fingerprint density at radius 1 is 1.05 bits per heavy atom. The van der Waals surface area contributed by atoms with Crippen LogP contribution < -0.4 is 11.5 Å². The Kier molecular flexibility index (Phi) is 4.59. The molecule has 0 aliphatic heterocycles. The van der Waals surface area contributed by atoms with Gasteiger partial charge < -0.3 is 16.2 Å². The van der Waals surface area contributed by atoms with Crippen molar-refractivity contribution in [2.45, 2.75) is 6.61 Å². The second kappa shape index (κ2) is 6.41. The standard InChI is InChI=1S/C15H13BrN2O3/c16-12-5-11(6-13(17)7-12)15(20)21-8-9-1-3-10(4-2-9)14(18)19/h1-7H,8,17H2,(H2,18,19). The van der Waals surface area contributed by atoms with Gasteiger partial charge in [-0.1, -0.05) is 28.1 Å². The molecule has 2 aromatic rings. The van der Waals surface area contributed by atoms with Gasteiger partial charge in [0.2, 0.25) is 5.91 Å². The van der Waals surface area contributed by atoms with Crippen molar-refractivity contribution < 1.29 is 14.3 Å². The van der Waals surface area contributed by atoms with E-state index in [9.17, 15) is 9.59 Å². The van der Waals surface area contributed by atoms with Crippen molar-refractivity contribution in [3.8, 4) is 0 Å². The number of esters is 1. The van der Waals surface area contributed by atoms with Crippen LogP contribution in [0.3, 0.4) is 0 Å². The summed E-state index contributed by atoms with van der Waals surface area (Å²) in [5.74, 6) is -0.967. The number of amides is 1. The van der Waals surface area contributed by atoms with Crippen LogP contribution in [0.25, 0.3) is 0 Å². The molecule has 4 N–H and O–H groups in total. The molecule has 0 fully saturated rings. The average molecular weight is 349 g/mol. The van der Waals surface area contributed by atoms with Gasteiger partial charge in [0.25, 0.3) is 0 Å². The summed E-state index contributed by atoms with van der Waals surface area (Å²) >= 11 is 3.27. The highest BCUT2D eigenvalue weighted by Gasteiger charge is 2.09. The van der Waals surface area contributed by atoms with E-state index < -0.39 is 11.9 Å². The smallest absolute Gasteiger partial charge is 0.338 e. The summed E-state index contributed by atoms with van der Waals surface area (Å²) in [7, 11) is 0. The Morgan fingerprint density at radius 2 is 1.71 bits per heavy atom. The van der Waals surface area contributed by atoms with Crippen LogP contribution in [0.1, 0.15) is 26.3 Å². The topological polar surface area (TPSA) is 95.4 Å². The van der Waals surface area contributed by atoms with Gasteiger partial charge in [-0.25, -0.2) is 4.79 Å². The minimum atomic E-state index is -0.497. The summed E-state index contributed by atoms with van der Waals surface area (Å²) in [5, 5.41) is 0. The zero-order valence-corrected chi connectivity index (χ0v) is 12.6. The van der Waals surface area contributed by atoms with Crippen LogP contribution >= 0.6 is 15.9 Å². The Morgan fingerprint density at radius 3 is 2.29 bits per heavy atom. The van der Waals surface area contributed by atoms with Crippen molar-refractivity contribution >= 4 is 33.5 Å². The molecule has 0 aromatic heterocycles. The molecule has 5 nitrogen and oxygen atoms in total. The lowest BCUT2D eigenvalue weighted by atomic mass is 10.1. The fourth-order valence-corrected chi connectivity index (χ4v) is 2.24. The predicted molar refractivity (Wildman–Crippen MR) is 82.6 cm³/mol. The number of carbonyl (C=O) groups is 2. The van der Waals surface area contributed by atoms with Crippen LogP contribution in [-0.2, 0) is 11.3 Å². The van der Waals surface area contributed by atoms with Crippen molar-refractivity contribution in [2.24, 2.45) is 5.73 Å². The van der Waals surface area contributed by atoms with Gasteiger partial charge in [-0.05, 0) is 35.9 Å². The quantitative estimate of drug-likeness (QED) is 0.655. The van der Waals surface area contributed by atoms with E-state index in [2.05, 4.69) is 15.9 Å². The highest BCUT2D eigenvalue weighted by atomic mass is 79.9. The first-order valence-electron chi connectivity index (χ1n) is 6.07.